The lowest BCUT2D eigenvalue weighted by atomic mass is 10.3. The molecule has 0 saturated heterocycles. The van der Waals surface area contributed by atoms with Crippen molar-refractivity contribution in [3.05, 3.63) is 83.3 Å². The van der Waals surface area contributed by atoms with Crippen molar-refractivity contribution in [2.75, 3.05) is 0 Å². The summed E-state index contributed by atoms with van der Waals surface area (Å²) in [6, 6.07) is 11.2. The first-order chi connectivity index (χ1) is 15.3. The van der Waals surface area contributed by atoms with Crippen molar-refractivity contribution in [3.63, 3.8) is 0 Å². The monoisotopic (exact) mass is 500 g/mol. The van der Waals surface area contributed by atoms with E-state index >= 15 is 0 Å². The van der Waals surface area contributed by atoms with Gasteiger partial charge in [-0.3, -0.25) is 0 Å². The van der Waals surface area contributed by atoms with Crippen LogP contribution in [0.5, 0.6) is 5.75 Å². The molecule has 3 aromatic rings. The smallest absolute Gasteiger partial charge is 0.406 e. The predicted octanol–water partition coefficient (Wildman–Crippen LogP) is 4.10. The van der Waals surface area contributed by atoms with Crippen LogP contribution in [0.25, 0.3) is 6.08 Å². The second-order valence-corrected chi connectivity index (χ2v) is 10.1. The van der Waals surface area contributed by atoms with Crippen LogP contribution in [0.1, 0.15) is 5.69 Å². The lowest BCUT2D eigenvalue weighted by Gasteiger charge is -2.12. The normalized spacial score (nSPS) is 12.9. The number of nitrogens with zero attached hydrogens (tertiary/aromatic N) is 2. The Morgan fingerprint density at radius 1 is 0.970 bits per heavy atom. The molecule has 0 unspecified atom stereocenters. The molecule has 7 nitrogen and oxygen atoms in total. The number of nitriles is 1. The Balaban J connectivity index is 2.06. The van der Waals surface area contributed by atoms with E-state index in [0.717, 1.165) is 54.7 Å². The zero-order valence-corrected chi connectivity index (χ0v) is 17.8. The van der Waals surface area contributed by atoms with Crippen molar-refractivity contribution in [1.82, 2.24) is 3.97 Å². The minimum Gasteiger partial charge on any atom is -0.406 e. The van der Waals surface area contributed by atoms with E-state index in [9.17, 15) is 39.7 Å². The van der Waals surface area contributed by atoms with Gasteiger partial charge in [0.2, 0.25) is 9.84 Å². The van der Waals surface area contributed by atoms with Crippen LogP contribution in [0.15, 0.2) is 81.6 Å². The van der Waals surface area contributed by atoms with Gasteiger partial charge in [-0.25, -0.2) is 25.2 Å². The largest absolute Gasteiger partial charge is 0.573 e. The van der Waals surface area contributed by atoms with Gasteiger partial charge < -0.3 is 4.74 Å². The first kappa shape index (κ1) is 24.0. The quantitative estimate of drug-likeness (QED) is 0.287. The number of benzene rings is 2. The molecule has 1 aromatic heterocycles. The fourth-order valence-corrected chi connectivity index (χ4v) is 5.21. The number of rotatable bonds is 6. The number of allylic oxidation sites excluding steroid dienone is 1. The molecular weight excluding hydrogens is 488 g/mol. The molecule has 0 saturated carbocycles. The second kappa shape index (κ2) is 8.72. The summed E-state index contributed by atoms with van der Waals surface area (Å²) in [7, 11) is -8.92. The molecule has 172 valence electrons. The molecule has 0 radical (unpaired) electrons. The third-order valence-electron chi connectivity index (χ3n) is 4.14. The molecule has 0 aliphatic rings. The Bertz CT molecular complexity index is 1470. The van der Waals surface area contributed by atoms with Crippen LogP contribution in [-0.4, -0.2) is 27.2 Å². The van der Waals surface area contributed by atoms with Gasteiger partial charge in [0.1, 0.15) is 17.6 Å². The van der Waals surface area contributed by atoms with Crippen molar-refractivity contribution >= 4 is 25.9 Å². The molecule has 0 fully saturated rings. The first-order valence-corrected chi connectivity index (χ1v) is 11.7. The van der Waals surface area contributed by atoms with E-state index in [-0.39, 0.29) is 5.69 Å². The van der Waals surface area contributed by atoms with Gasteiger partial charge >= 0.3 is 6.36 Å². The molecule has 0 amide bonds. The topological polar surface area (TPSA) is 106 Å². The van der Waals surface area contributed by atoms with Crippen molar-refractivity contribution < 1.29 is 39.1 Å². The highest BCUT2D eigenvalue weighted by molar-refractivity contribution is 7.95. The third-order valence-corrected chi connectivity index (χ3v) is 7.52. The number of alkyl halides is 3. The molecule has 0 N–H and O–H groups in total. The average Bonchev–Trinajstić information content (AvgIpc) is 3.20. The molecule has 2 aromatic carbocycles. The lowest BCUT2D eigenvalue weighted by Crippen LogP contribution is -2.18. The van der Waals surface area contributed by atoms with Gasteiger partial charge in [0.15, 0.2) is 4.91 Å². The SMILES string of the molecule is N#C/C(=C\c1cccn1S(=O)(=O)c1cccc(OC(F)(F)F)c1)S(=O)(=O)c1ccc(F)cc1. The fourth-order valence-electron chi connectivity index (χ4n) is 2.70. The first-order valence-electron chi connectivity index (χ1n) is 8.76. The molecule has 0 aliphatic heterocycles. The summed E-state index contributed by atoms with van der Waals surface area (Å²) >= 11 is 0. The van der Waals surface area contributed by atoms with Gasteiger partial charge in [0.25, 0.3) is 10.0 Å². The van der Waals surface area contributed by atoms with Gasteiger partial charge in [-0.1, -0.05) is 6.07 Å². The van der Waals surface area contributed by atoms with E-state index in [2.05, 4.69) is 4.74 Å². The van der Waals surface area contributed by atoms with E-state index < -0.39 is 52.5 Å². The molecule has 1 heterocycles. The fraction of sp³-hybridized carbons (Fsp3) is 0.0500. The Kier molecular flexibility index (Phi) is 6.35. The molecule has 3 rings (SSSR count). The minimum absolute atomic E-state index is 0.264. The molecule has 13 heteroatoms. The van der Waals surface area contributed by atoms with E-state index in [4.69, 9.17) is 0 Å². The van der Waals surface area contributed by atoms with Crippen LogP contribution >= 0.6 is 0 Å². The molecule has 0 bridgehead atoms. The number of hydrogen-bond donors (Lipinski definition) is 0. The summed E-state index contributed by atoms with van der Waals surface area (Å²) in [6.45, 7) is 0. The van der Waals surface area contributed by atoms with Crippen molar-refractivity contribution in [1.29, 1.82) is 5.26 Å². The summed E-state index contributed by atoms with van der Waals surface area (Å²) in [5, 5.41) is 9.38. The van der Waals surface area contributed by atoms with Crippen molar-refractivity contribution in [2.45, 2.75) is 16.2 Å². The van der Waals surface area contributed by atoms with Crippen LogP contribution in [-0.2, 0) is 19.9 Å². The van der Waals surface area contributed by atoms with E-state index in [1.807, 2.05) is 0 Å². The molecule has 0 atom stereocenters. The highest BCUT2D eigenvalue weighted by Gasteiger charge is 2.32. The van der Waals surface area contributed by atoms with Gasteiger partial charge in [-0.05, 0) is 54.6 Å². The van der Waals surface area contributed by atoms with Crippen LogP contribution in [0.3, 0.4) is 0 Å². The maximum Gasteiger partial charge on any atom is 0.573 e. The highest BCUT2D eigenvalue weighted by atomic mass is 32.2. The van der Waals surface area contributed by atoms with Crippen LogP contribution in [0.4, 0.5) is 17.6 Å². The second-order valence-electron chi connectivity index (χ2n) is 6.33. The lowest BCUT2D eigenvalue weighted by molar-refractivity contribution is -0.274. The van der Waals surface area contributed by atoms with E-state index in [1.54, 1.807) is 0 Å². The third kappa shape index (κ3) is 5.24. The van der Waals surface area contributed by atoms with E-state index in [1.165, 1.54) is 18.2 Å². The zero-order chi connectivity index (χ0) is 24.4. The Hall–Kier alpha value is -3.63. The number of halogens is 4. The molecule has 0 spiro atoms. The summed E-state index contributed by atoms with van der Waals surface area (Å²) in [6.07, 6.45) is -3.23. The van der Waals surface area contributed by atoms with Gasteiger partial charge in [0.05, 0.1) is 15.5 Å². The Morgan fingerprint density at radius 3 is 2.24 bits per heavy atom. The van der Waals surface area contributed by atoms with Gasteiger partial charge in [0, 0.05) is 12.3 Å². The van der Waals surface area contributed by atoms with Crippen molar-refractivity contribution in [2.24, 2.45) is 0 Å². The number of hydrogen-bond acceptors (Lipinski definition) is 6. The summed E-state index contributed by atoms with van der Waals surface area (Å²) in [4.78, 5) is -1.80. The average molecular weight is 500 g/mol. The Labute approximate surface area is 185 Å². The predicted molar refractivity (Wildman–Crippen MR) is 107 cm³/mol. The summed E-state index contributed by atoms with van der Waals surface area (Å²) < 4.78 is 106. The van der Waals surface area contributed by atoms with Crippen LogP contribution < -0.4 is 4.74 Å². The van der Waals surface area contributed by atoms with Crippen molar-refractivity contribution in [3.8, 4) is 11.8 Å². The Morgan fingerprint density at radius 2 is 1.64 bits per heavy atom. The van der Waals surface area contributed by atoms with Crippen LogP contribution in [0, 0.1) is 17.1 Å². The zero-order valence-electron chi connectivity index (χ0n) is 16.2. The molecule has 0 aliphatic carbocycles. The summed E-state index contributed by atoms with van der Waals surface area (Å²) in [5.74, 6) is -1.47. The molecular formula is C20H12F4N2O5S2. The number of sulfone groups is 1. The van der Waals surface area contributed by atoms with Gasteiger partial charge in [-0.2, -0.15) is 5.26 Å². The molecule has 33 heavy (non-hydrogen) atoms. The standard InChI is InChI=1S/C20H12F4N2O5S2/c21-14-6-8-17(9-7-14)32(27,28)19(13-25)11-15-3-2-10-26(15)33(29,30)18-5-1-4-16(12-18)31-20(22,23)24/h1-12H/b19-11+. The number of ether oxygens (including phenoxy) is 1. The minimum atomic E-state index is -5.04. The number of aromatic nitrogens is 1. The highest BCUT2D eigenvalue weighted by Crippen LogP contribution is 2.27. The maximum atomic E-state index is 13.1. The van der Waals surface area contributed by atoms with Crippen LogP contribution in [0.2, 0.25) is 0 Å². The van der Waals surface area contributed by atoms with Gasteiger partial charge in [-0.15, -0.1) is 13.2 Å². The van der Waals surface area contributed by atoms with E-state index in [0.29, 0.717) is 10.0 Å². The maximum absolute atomic E-state index is 13.1. The summed E-state index contributed by atoms with van der Waals surface area (Å²) in [5.41, 5.74) is -0.264.